The van der Waals surface area contributed by atoms with Crippen molar-refractivity contribution in [1.29, 1.82) is 0 Å². The van der Waals surface area contributed by atoms with Crippen molar-refractivity contribution in [2.45, 2.75) is 31.6 Å². The predicted molar refractivity (Wildman–Crippen MR) is 230 cm³/mol. The van der Waals surface area contributed by atoms with Crippen molar-refractivity contribution in [2.24, 2.45) is 0 Å². The fraction of sp³-hybridized carbons (Fsp3) is 0.0943. The van der Waals surface area contributed by atoms with Gasteiger partial charge in [0.1, 0.15) is 5.58 Å². The minimum absolute atomic E-state index is 0. The molecule has 7 aromatic carbocycles. The number of benzene rings is 7. The van der Waals surface area contributed by atoms with Crippen molar-refractivity contribution in [3.63, 3.8) is 0 Å². The van der Waals surface area contributed by atoms with Gasteiger partial charge in [-0.2, -0.15) is 0 Å². The Morgan fingerprint density at radius 3 is 2.02 bits per heavy atom. The van der Waals surface area contributed by atoms with Crippen molar-refractivity contribution >= 4 is 33.0 Å². The molecular formula is C53H37IrN3O-2. The van der Waals surface area contributed by atoms with Gasteiger partial charge in [0.2, 0.25) is 0 Å². The molecule has 3 aliphatic carbocycles. The Hall–Kier alpha value is -6.39. The van der Waals surface area contributed by atoms with Gasteiger partial charge >= 0.3 is 0 Å². The summed E-state index contributed by atoms with van der Waals surface area (Å²) in [5.41, 5.74) is 17.6. The molecule has 0 N–H and O–H groups in total. The zero-order valence-corrected chi connectivity index (χ0v) is 34.4. The van der Waals surface area contributed by atoms with E-state index in [0.29, 0.717) is 5.92 Å². The van der Waals surface area contributed by atoms with Crippen molar-refractivity contribution in [3.05, 3.63) is 221 Å². The van der Waals surface area contributed by atoms with E-state index in [1.165, 1.54) is 44.5 Å². The summed E-state index contributed by atoms with van der Waals surface area (Å²) in [6.45, 7) is 4.54. The zero-order valence-electron chi connectivity index (χ0n) is 32.0. The van der Waals surface area contributed by atoms with Gasteiger partial charge in [-0.15, -0.1) is 54.1 Å². The SMILES string of the molecule is CC(C)c1ccccc1-n1c(-c2[c-]ccc3c2oc2ccccc23)nc2ccc3c(c21)C1c2ccccc2C3c2ccccc21.[Ir].[c-]1ccccc1-c1ccccn1. The zero-order chi connectivity index (χ0) is 38.0. The molecule has 0 saturated heterocycles. The van der Waals surface area contributed by atoms with E-state index in [2.05, 4.69) is 139 Å². The van der Waals surface area contributed by atoms with E-state index in [0.717, 1.165) is 55.8 Å². The summed E-state index contributed by atoms with van der Waals surface area (Å²) in [5, 5.41) is 2.19. The average Bonchev–Trinajstić information content (AvgIpc) is 3.86. The second-order valence-electron chi connectivity index (χ2n) is 15.2. The molecule has 0 unspecified atom stereocenters. The molecule has 2 bridgehead atoms. The Balaban J connectivity index is 0.000000270. The predicted octanol–water partition coefficient (Wildman–Crippen LogP) is 13.0. The van der Waals surface area contributed by atoms with Gasteiger partial charge in [0, 0.05) is 49.2 Å². The maximum atomic E-state index is 6.57. The summed E-state index contributed by atoms with van der Waals surface area (Å²) in [5.74, 6) is 1.51. The van der Waals surface area contributed by atoms with E-state index in [1.54, 1.807) is 6.20 Å². The molecular weight excluding hydrogens is 887 g/mol. The molecule has 3 heterocycles. The Bertz CT molecular complexity index is 3040. The van der Waals surface area contributed by atoms with Crippen LogP contribution in [-0.2, 0) is 20.1 Å². The third-order valence-electron chi connectivity index (χ3n) is 11.7. The van der Waals surface area contributed by atoms with Crippen LogP contribution in [0.3, 0.4) is 0 Å². The molecule has 58 heavy (non-hydrogen) atoms. The van der Waals surface area contributed by atoms with E-state index in [1.807, 2.05) is 60.7 Å². The molecule has 0 atom stereocenters. The third-order valence-corrected chi connectivity index (χ3v) is 11.7. The smallest absolute Gasteiger partial charge is 0.120 e. The molecule has 5 heteroatoms. The minimum Gasteiger partial charge on any atom is -0.501 e. The van der Waals surface area contributed by atoms with E-state index < -0.39 is 0 Å². The van der Waals surface area contributed by atoms with Gasteiger partial charge in [-0.3, -0.25) is 4.98 Å². The van der Waals surface area contributed by atoms with Gasteiger partial charge in [-0.1, -0.05) is 128 Å². The van der Waals surface area contributed by atoms with E-state index in [-0.39, 0.29) is 31.9 Å². The minimum atomic E-state index is 0. The van der Waals surface area contributed by atoms with Crippen LogP contribution < -0.4 is 0 Å². The van der Waals surface area contributed by atoms with E-state index >= 15 is 0 Å². The van der Waals surface area contributed by atoms with Crippen LogP contribution in [0.2, 0.25) is 0 Å². The van der Waals surface area contributed by atoms with Gasteiger partial charge in [-0.25, -0.2) is 0 Å². The van der Waals surface area contributed by atoms with Gasteiger partial charge in [0.05, 0.1) is 22.4 Å². The van der Waals surface area contributed by atoms with Crippen LogP contribution in [0.5, 0.6) is 0 Å². The molecule has 1 radical (unpaired) electrons. The number of furan rings is 1. The Labute approximate surface area is 351 Å². The summed E-state index contributed by atoms with van der Waals surface area (Å²) in [6.07, 6.45) is 1.79. The molecule has 4 nitrogen and oxygen atoms in total. The van der Waals surface area contributed by atoms with Crippen LogP contribution in [-0.4, -0.2) is 14.5 Å². The molecule has 10 aromatic rings. The average molecular weight is 924 g/mol. The molecule has 13 rings (SSSR count). The quantitative estimate of drug-likeness (QED) is 0.165. The van der Waals surface area contributed by atoms with Crippen LogP contribution >= 0.6 is 0 Å². The second kappa shape index (κ2) is 14.5. The monoisotopic (exact) mass is 924 g/mol. The summed E-state index contributed by atoms with van der Waals surface area (Å²) < 4.78 is 9.00. The number of nitrogens with zero attached hydrogens (tertiary/aromatic N) is 3. The Morgan fingerprint density at radius 2 is 1.29 bits per heavy atom. The number of imidazole rings is 1. The van der Waals surface area contributed by atoms with Gasteiger partial charge in [0.15, 0.2) is 0 Å². The van der Waals surface area contributed by atoms with Crippen molar-refractivity contribution in [2.75, 3.05) is 0 Å². The molecule has 3 aliphatic rings. The molecule has 281 valence electrons. The third kappa shape index (κ3) is 5.61. The van der Waals surface area contributed by atoms with Crippen molar-refractivity contribution in [1.82, 2.24) is 14.5 Å². The Kier molecular flexibility index (Phi) is 9.01. The summed E-state index contributed by atoms with van der Waals surface area (Å²) in [7, 11) is 0. The van der Waals surface area contributed by atoms with Crippen LogP contribution in [0.1, 0.15) is 70.5 Å². The Morgan fingerprint density at radius 1 is 0.603 bits per heavy atom. The van der Waals surface area contributed by atoms with Crippen LogP contribution in [0.4, 0.5) is 0 Å². The second-order valence-corrected chi connectivity index (χ2v) is 15.2. The normalized spacial score (nSPS) is 14.7. The maximum absolute atomic E-state index is 6.57. The molecule has 0 amide bonds. The standard InChI is InChI=1S/C42H29N2O.C11H8N.Ir/c1-24(2)25-12-7-9-20-35(25)44-40-34(43-42(44)33-19-11-18-31-26-13-8-10-21-36(26)45-41(31)33)23-22-32-37-27-14-3-5-16-29(27)38(39(32)40)30-17-6-4-15-28(30)37;1-2-6-10(7-3-1)11-8-4-5-9-12-11;/h3-18,20-24,37-38H,1-2H3;1-6,8-9H;/q2*-1;. The number of hydrogen-bond acceptors (Lipinski definition) is 3. The first-order valence-electron chi connectivity index (χ1n) is 19.7. The van der Waals surface area contributed by atoms with E-state index in [9.17, 15) is 0 Å². The number of para-hydroxylation sites is 2. The first-order chi connectivity index (χ1) is 28.2. The summed E-state index contributed by atoms with van der Waals surface area (Å²) >= 11 is 0. The molecule has 0 spiro atoms. The molecule has 0 aliphatic heterocycles. The number of pyridine rings is 1. The maximum Gasteiger partial charge on any atom is 0.120 e. The van der Waals surface area contributed by atoms with Crippen LogP contribution in [0, 0.1) is 12.1 Å². The topological polar surface area (TPSA) is 43.9 Å². The van der Waals surface area contributed by atoms with Gasteiger partial charge in [0.25, 0.3) is 0 Å². The van der Waals surface area contributed by atoms with Crippen molar-refractivity contribution < 1.29 is 24.5 Å². The number of rotatable bonds is 4. The summed E-state index contributed by atoms with van der Waals surface area (Å²) in [6, 6.07) is 64.2. The number of aromatic nitrogens is 3. The molecule has 0 saturated carbocycles. The van der Waals surface area contributed by atoms with Crippen LogP contribution in [0.15, 0.2) is 174 Å². The largest absolute Gasteiger partial charge is 0.501 e. The number of fused-ring (bicyclic) bond motifs is 4. The van der Waals surface area contributed by atoms with E-state index in [4.69, 9.17) is 9.40 Å². The summed E-state index contributed by atoms with van der Waals surface area (Å²) in [4.78, 5) is 9.67. The fourth-order valence-electron chi connectivity index (χ4n) is 9.33. The fourth-order valence-corrected chi connectivity index (χ4v) is 9.33. The van der Waals surface area contributed by atoms with Gasteiger partial charge in [-0.05, 0) is 74.8 Å². The van der Waals surface area contributed by atoms with Crippen LogP contribution in [0.25, 0.3) is 61.3 Å². The first-order valence-corrected chi connectivity index (χ1v) is 19.7. The first kappa shape index (κ1) is 36.0. The van der Waals surface area contributed by atoms with Gasteiger partial charge < -0.3 is 14.0 Å². The number of hydrogen-bond donors (Lipinski definition) is 0. The molecule has 3 aromatic heterocycles. The van der Waals surface area contributed by atoms with Crippen molar-refractivity contribution in [3.8, 4) is 28.3 Å². The molecule has 0 fully saturated rings.